The minimum Gasteiger partial charge on any atom is -0.495 e. The first-order valence-electron chi connectivity index (χ1n) is 9.21. The number of hydrogen-bond donors (Lipinski definition) is 1. The van der Waals surface area contributed by atoms with Gasteiger partial charge in [-0.1, -0.05) is 50.2 Å². The Morgan fingerprint density at radius 1 is 1.04 bits per heavy atom. The highest BCUT2D eigenvalue weighted by Crippen LogP contribution is 2.23. The van der Waals surface area contributed by atoms with Crippen molar-refractivity contribution in [3.63, 3.8) is 0 Å². The Hall–Kier alpha value is -3.34. The van der Waals surface area contributed by atoms with Gasteiger partial charge in [0.1, 0.15) is 5.75 Å². The number of carbonyl (C=O) groups is 1. The van der Waals surface area contributed by atoms with Gasteiger partial charge in [0, 0.05) is 12.3 Å². The minimum absolute atomic E-state index is 0.151. The van der Waals surface area contributed by atoms with Crippen LogP contribution in [0.3, 0.4) is 0 Å². The third kappa shape index (κ3) is 4.49. The molecule has 0 fully saturated rings. The smallest absolute Gasteiger partial charge is 0.257 e. The zero-order valence-corrected chi connectivity index (χ0v) is 16.3. The zero-order valence-electron chi connectivity index (χ0n) is 16.3. The maximum absolute atomic E-state index is 12.6. The van der Waals surface area contributed by atoms with Crippen LogP contribution in [0.1, 0.15) is 41.3 Å². The van der Waals surface area contributed by atoms with Crippen molar-refractivity contribution in [3.05, 3.63) is 93.9 Å². The molecule has 3 rings (SSSR count). The molecule has 0 saturated carbocycles. The lowest BCUT2D eigenvalue weighted by atomic mass is 10.0. The molecule has 0 bridgehead atoms. The van der Waals surface area contributed by atoms with Crippen molar-refractivity contribution in [1.82, 2.24) is 4.57 Å². The number of rotatable bonds is 6. The van der Waals surface area contributed by atoms with Crippen molar-refractivity contribution in [2.45, 2.75) is 26.3 Å². The number of ether oxygens (including phenoxy) is 1. The lowest BCUT2D eigenvalue weighted by Crippen LogP contribution is -2.22. The van der Waals surface area contributed by atoms with Crippen molar-refractivity contribution < 1.29 is 9.53 Å². The Kier molecular flexibility index (Phi) is 5.94. The van der Waals surface area contributed by atoms with Gasteiger partial charge in [0.2, 0.25) is 0 Å². The van der Waals surface area contributed by atoms with Crippen molar-refractivity contribution in [3.8, 4) is 5.75 Å². The van der Waals surface area contributed by atoms with Crippen LogP contribution in [-0.2, 0) is 6.54 Å². The van der Waals surface area contributed by atoms with E-state index in [2.05, 4.69) is 31.3 Å². The van der Waals surface area contributed by atoms with E-state index in [9.17, 15) is 9.59 Å². The summed E-state index contributed by atoms with van der Waals surface area (Å²) < 4.78 is 6.80. The van der Waals surface area contributed by atoms with Crippen molar-refractivity contribution >= 4 is 11.6 Å². The maximum atomic E-state index is 12.6. The summed E-state index contributed by atoms with van der Waals surface area (Å²) in [7, 11) is 1.55. The summed E-state index contributed by atoms with van der Waals surface area (Å²) in [5.41, 5.74) is 3.10. The molecule has 1 aromatic heterocycles. The average molecular weight is 376 g/mol. The van der Waals surface area contributed by atoms with Crippen LogP contribution in [0.4, 0.5) is 5.69 Å². The summed E-state index contributed by atoms with van der Waals surface area (Å²) in [5.74, 6) is 0.738. The van der Waals surface area contributed by atoms with E-state index in [1.165, 1.54) is 17.7 Å². The predicted octanol–water partition coefficient (Wildman–Crippen LogP) is 4.28. The van der Waals surface area contributed by atoms with Gasteiger partial charge in [0.15, 0.2) is 0 Å². The van der Waals surface area contributed by atoms with Gasteiger partial charge in [0.25, 0.3) is 11.5 Å². The normalized spacial score (nSPS) is 10.7. The molecule has 144 valence electrons. The number of pyridine rings is 1. The van der Waals surface area contributed by atoms with Crippen LogP contribution in [0.25, 0.3) is 0 Å². The minimum atomic E-state index is -0.298. The SMILES string of the molecule is COc1ccccc1NC(=O)c1ccc(=O)n(Cc2ccc(C(C)C)cc2)c1. The third-order valence-electron chi connectivity index (χ3n) is 4.60. The number of hydrogen-bond acceptors (Lipinski definition) is 3. The number of methoxy groups -OCH3 is 1. The number of nitrogens with zero attached hydrogens (tertiary/aromatic N) is 1. The first-order chi connectivity index (χ1) is 13.5. The number of aromatic nitrogens is 1. The Morgan fingerprint density at radius 3 is 2.43 bits per heavy atom. The van der Waals surface area contributed by atoms with Crippen LogP contribution >= 0.6 is 0 Å². The Labute approximate surface area is 164 Å². The highest BCUT2D eigenvalue weighted by atomic mass is 16.5. The first kappa shape index (κ1) is 19.4. The molecule has 0 saturated heterocycles. The molecule has 5 heteroatoms. The number of nitrogens with one attached hydrogen (secondary N) is 1. The van der Waals surface area contributed by atoms with E-state index in [0.29, 0.717) is 29.5 Å². The molecular weight excluding hydrogens is 352 g/mol. The fraction of sp³-hybridized carbons (Fsp3) is 0.217. The molecule has 0 radical (unpaired) electrons. The second-order valence-corrected chi connectivity index (χ2v) is 6.93. The van der Waals surface area contributed by atoms with Crippen LogP contribution in [0.2, 0.25) is 0 Å². The highest BCUT2D eigenvalue weighted by Gasteiger charge is 2.11. The molecule has 0 aliphatic heterocycles. The van der Waals surface area contributed by atoms with Crippen molar-refractivity contribution in [1.29, 1.82) is 0 Å². The van der Waals surface area contributed by atoms with Crippen molar-refractivity contribution in [2.24, 2.45) is 0 Å². The highest BCUT2D eigenvalue weighted by molar-refractivity contribution is 6.04. The van der Waals surface area contributed by atoms with Gasteiger partial charge in [-0.2, -0.15) is 0 Å². The summed E-state index contributed by atoms with van der Waals surface area (Å²) in [6, 6.07) is 18.3. The summed E-state index contributed by atoms with van der Waals surface area (Å²) in [4.78, 5) is 24.9. The van der Waals surface area contributed by atoms with E-state index in [4.69, 9.17) is 4.74 Å². The van der Waals surface area contributed by atoms with Gasteiger partial charge in [-0.15, -0.1) is 0 Å². The van der Waals surface area contributed by atoms with Gasteiger partial charge < -0.3 is 14.6 Å². The van der Waals surface area contributed by atoms with E-state index >= 15 is 0 Å². The van der Waals surface area contributed by atoms with E-state index in [1.54, 1.807) is 30.0 Å². The molecule has 0 aliphatic carbocycles. The standard InChI is InChI=1S/C23H24N2O3/c1-16(2)18-10-8-17(9-11-18)14-25-15-19(12-13-22(25)26)23(27)24-20-6-4-5-7-21(20)28-3/h4-13,15-16H,14H2,1-3H3,(H,24,27). The number of amides is 1. The van der Waals surface area contributed by atoms with Gasteiger partial charge in [-0.3, -0.25) is 9.59 Å². The van der Waals surface area contributed by atoms with E-state index in [0.717, 1.165) is 5.56 Å². The maximum Gasteiger partial charge on any atom is 0.257 e. The molecule has 0 spiro atoms. The molecule has 0 aliphatic rings. The van der Waals surface area contributed by atoms with Gasteiger partial charge in [0.05, 0.1) is 24.9 Å². The molecule has 28 heavy (non-hydrogen) atoms. The van der Waals surface area contributed by atoms with Crippen LogP contribution in [-0.4, -0.2) is 17.6 Å². The Balaban J connectivity index is 1.80. The van der Waals surface area contributed by atoms with Crippen LogP contribution in [0.15, 0.2) is 71.7 Å². The molecule has 1 N–H and O–H groups in total. The second-order valence-electron chi connectivity index (χ2n) is 6.93. The van der Waals surface area contributed by atoms with Crippen LogP contribution < -0.4 is 15.6 Å². The summed E-state index contributed by atoms with van der Waals surface area (Å²) in [5, 5.41) is 2.83. The molecule has 1 amide bonds. The van der Waals surface area contributed by atoms with Gasteiger partial charge in [-0.05, 0) is 35.2 Å². The molecule has 3 aromatic rings. The lowest BCUT2D eigenvalue weighted by molar-refractivity contribution is 0.102. The van der Waals surface area contributed by atoms with Gasteiger partial charge >= 0.3 is 0 Å². The van der Waals surface area contributed by atoms with E-state index in [1.807, 2.05) is 24.3 Å². The summed E-state index contributed by atoms with van der Waals surface area (Å²) in [6.07, 6.45) is 1.59. The molecule has 1 heterocycles. The molecular formula is C23H24N2O3. The Bertz CT molecular complexity index is 1020. The second kappa shape index (κ2) is 8.57. The summed E-state index contributed by atoms with van der Waals surface area (Å²) >= 11 is 0. The van der Waals surface area contributed by atoms with Gasteiger partial charge in [-0.25, -0.2) is 0 Å². The molecule has 0 unspecified atom stereocenters. The average Bonchev–Trinajstić information content (AvgIpc) is 2.70. The van der Waals surface area contributed by atoms with Crippen LogP contribution in [0.5, 0.6) is 5.75 Å². The van der Waals surface area contributed by atoms with Crippen molar-refractivity contribution in [2.75, 3.05) is 12.4 Å². The molecule has 2 aromatic carbocycles. The number of carbonyl (C=O) groups excluding carboxylic acids is 1. The van der Waals surface area contributed by atoms with Crippen LogP contribution in [0, 0.1) is 0 Å². The van der Waals surface area contributed by atoms with E-state index in [-0.39, 0.29) is 11.5 Å². The third-order valence-corrected chi connectivity index (χ3v) is 4.60. The molecule has 0 atom stereocenters. The number of para-hydroxylation sites is 2. The fourth-order valence-corrected chi connectivity index (χ4v) is 2.94. The predicted molar refractivity (Wildman–Crippen MR) is 111 cm³/mol. The number of benzene rings is 2. The fourth-order valence-electron chi connectivity index (χ4n) is 2.94. The largest absolute Gasteiger partial charge is 0.495 e. The zero-order chi connectivity index (χ0) is 20.1. The quantitative estimate of drug-likeness (QED) is 0.698. The monoisotopic (exact) mass is 376 g/mol. The number of anilines is 1. The topological polar surface area (TPSA) is 60.3 Å². The van der Waals surface area contributed by atoms with E-state index < -0.39 is 0 Å². The first-order valence-corrected chi connectivity index (χ1v) is 9.21. The Morgan fingerprint density at radius 2 is 1.75 bits per heavy atom. The summed E-state index contributed by atoms with van der Waals surface area (Å²) in [6.45, 7) is 4.69. The lowest BCUT2D eigenvalue weighted by Gasteiger charge is -2.12. The molecule has 5 nitrogen and oxygen atoms in total.